The Morgan fingerprint density at radius 1 is 1.18 bits per heavy atom. The van der Waals surface area contributed by atoms with Crippen molar-refractivity contribution in [1.82, 2.24) is 4.90 Å². The van der Waals surface area contributed by atoms with E-state index in [1.54, 1.807) is 17.9 Å². The zero-order valence-electron chi connectivity index (χ0n) is 15.9. The van der Waals surface area contributed by atoms with Crippen molar-refractivity contribution >= 4 is 6.09 Å². The second-order valence-electron chi connectivity index (χ2n) is 7.50. The number of fused-ring (bicyclic) bond motifs is 2. The van der Waals surface area contributed by atoms with Gasteiger partial charge in [0.25, 0.3) is 0 Å². The zero-order valence-corrected chi connectivity index (χ0v) is 15.9. The molecule has 2 aromatic rings. The highest BCUT2D eigenvalue weighted by molar-refractivity contribution is 5.69. The van der Waals surface area contributed by atoms with Gasteiger partial charge in [0.2, 0.25) is 0 Å². The zero-order chi connectivity index (χ0) is 19.5. The van der Waals surface area contributed by atoms with E-state index in [9.17, 15) is 9.18 Å². The largest absolute Gasteiger partial charge is 0.445 e. The van der Waals surface area contributed by atoms with Crippen LogP contribution in [0, 0.1) is 12.7 Å². The van der Waals surface area contributed by atoms with Crippen molar-refractivity contribution in [2.24, 2.45) is 0 Å². The third-order valence-electron chi connectivity index (χ3n) is 5.36. The van der Waals surface area contributed by atoms with Crippen molar-refractivity contribution in [3.63, 3.8) is 0 Å². The van der Waals surface area contributed by atoms with E-state index in [1.807, 2.05) is 42.5 Å². The van der Waals surface area contributed by atoms with Gasteiger partial charge >= 0.3 is 6.09 Å². The Hall–Kier alpha value is -2.66. The van der Waals surface area contributed by atoms with Crippen molar-refractivity contribution in [3.05, 3.63) is 82.7 Å². The summed E-state index contributed by atoms with van der Waals surface area (Å²) in [6, 6.07) is 14.9. The van der Waals surface area contributed by atoms with Gasteiger partial charge in [-0.05, 0) is 42.5 Å². The molecule has 4 rings (SSSR count). The Bertz CT molecular complexity index is 881. The standard InChI is InChI=1S/C23H24FNO3/c1-16-7-8-18(12-22(16)24)9-19-10-20-14-27-15-21(11-19)25(20)23(26)28-13-17-5-3-2-4-6-17/h2-8,10,12,20-21H,9,11,13-15H2,1H3. The average molecular weight is 381 g/mol. The first-order valence-electron chi connectivity index (χ1n) is 9.61. The molecule has 2 atom stereocenters. The maximum absolute atomic E-state index is 13.8. The lowest BCUT2D eigenvalue weighted by Gasteiger charge is -2.43. The summed E-state index contributed by atoms with van der Waals surface area (Å²) in [6.45, 7) is 2.98. The van der Waals surface area contributed by atoms with Crippen LogP contribution in [0.3, 0.4) is 0 Å². The number of hydrogen-bond acceptors (Lipinski definition) is 3. The first-order valence-corrected chi connectivity index (χ1v) is 9.61. The van der Waals surface area contributed by atoms with Gasteiger partial charge in [0.05, 0.1) is 25.3 Å². The lowest BCUT2D eigenvalue weighted by molar-refractivity contribution is -0.0374. The summed E-state index contributed by atoms with van der Waals surface area (Å²) in [6.07, 6.45) is 3.18. The second-order valence-corrected chi connectivity index (χ2v) is 7.50. The predicted octanol–water partition coefficient (Wildman–Crippen LogP) is 4.41. The molecule has 0 N–H and O–H groups in total. The first-order chi connectivity index (χ1) is 13.6. The Morgan fingerprint density at radius 2 is 2.00 bits per heavy atom. The van der Waals surface area contributed by atoms with Gasteiger partial charge in [0, 0.05) is 0 Å². The van der Waals surface area contributed by atoms with Crippen LogP contribution >= 0.6 is 0 Å². The van der Waals surface area contributed by atoms with E-state index < -0.39 is 0 Å². The number of halogens is 1. The van der Waals surface area contributed by atoms with Crippen molar-refractivity contribution in [2.45, 2.75) is 38.5 Å². The van der Waals surface area contributed by atoms with Crippen molar-refractivity contribution < 1.29 is 18.7 Å². The number of carbonyl (C=O) groups is 1. The lowest BCUT2D eigenvalue weighted by atomic mass is 9.90. The van der Waals surface area contributed by atoms with Crippen LogP contribution < -0.4 is 0 Å². The number of carbonyl (C=O) groups excluding carboxylic acids is 1. The number of amides is 1. The van der Waals surface area contributed by atoms with Crippen molar-refractivity contribution in [2.75, 3.05) is 13.2 Å². The van der Waals surface area contributed by atoms with Crippen LogP contribution in [0.4, 0.5) is 9.18 Å². The molecule has 1 fully saturated rings. The molecule has 5 heteroatoms. The highest BCUT2D eigenvalue weighted by Gasteiger charge is 2.38. The number of morpholine rings is 1. The third kappa shape index (κ3) is 4.09. The Balaban J connectivity index is 1.44. The fourth-order valence-electron chi connectivity index (χ4n) is 3.90. The molecule has 146 valence electrons. The van der Waals surface area contributed by atoms with Crippen molar-refractivity contribution in [3.8, 4) is 0 Å². The number of nitrogens with zero attached hydrogens (tertiary/aromatic N) is 1. The van der Waals surface area contributed by atoms with Gasteiger partial charge in [-0.2, -0.15) is 0 Å². The van der Waals surface area contributed by atoms with Crippen LogP contribution in [-0.2, 0) is 22.5 Å². The highest BCUT2D eigenvalue weighted by Crippen LogP contribution is 2.30. The summed E-state index contributed by atoms with van der Waals surface area (Å²) in [5, 5.41) is 0. The smallest absolute Gasteiger partial charge is 0.411 e. The van der Waals surface area contributed by atoms with E-state index in [0.717, 1.165) is 11.1 Å². The monoisotopic (exact) mass is 381 g/mol. The molecule has 0 aliphatic carbocycles. The molecule has 1 amide bonds. The van der Waals surface area contributed by atoms with Crippen LogP contribution in [0.5, 0.6) is 0 Å². The molecular formula is C23H24FNO3. The van der Waals surface area contributed by atoms with E-state index >= 15 is 0 Å². The summed E-state index contributed by atoms with van der Waals surface area (Å²) in [5.74, 6) is -0.177. The van der Waals surface area contributed by atoms with Crippen LogP contribution in [0.1, 0.15) is 23.1 Å². The molecule has 1 saturated heterocycles. The number of rotatable bonds is 4. The minimum Gasteiger partial charge on any atom is -0.445 e. The molecule has 2 unspecified atom stereocenters. The van der Waals surface area contributed by atoms with Gasteiger partial charge in [0.15, 0.2) is 0 Å². The topological polar surface area (TPSA) is 38.8 Å². The van der Waals surface area contributed by atoms with Crippen LogP contribution in [-0.4, -0.2) is 36.3 Å². The second kappa shape index (κ2) is 8.15. The number of ether oxygens (including phenoxy) is 2. The maximum Gasteiger partial charge on any atom is 0.411 e. The van der Waals surface area contributed by atoms with Crippen LogP contribution in [0.25, 0.3) is 0 Å². The van der Waals surface area contributed by atoms with Gasteiger partial charge in [-0.25, -0.2) is 9.18 Å². The Labute approximate surface area is 164 Å². The molecule has 2 aliphatic heterocycles. The number of benzene rings is 2. The summed E-state index contributed by atoms with van der Waals surface area (Å²) in [5.41, 5.74) is 3.79. The summed E-state index contributed by atoms with van der Waals surface area (Å²) < 4.78 is 25.0. The van der Waals surface area contributed by atoms with Crippen LogP contribution in [0.2, 0.25) is 0 Å². The predicted molar refractivity (Wildman–Crippen MR) is 104 cm³/mol. The summed E-state index contributed by atoms with van der Waals surface area (Å²) in [7, 11) is 0. The van der Waals surface area contributed by atoms with E-state index in [-0.39, 0.29) is 30.6 Å². The van der Waals surface area contributed by atoms with Gasteiger partial charge in [0.1, 0.15) is 12.4 Å². The van der Waals surface area contributed by atoms with Gasteiger partial charge in [-0.15, -0.1) is 0 Å². The quantitative estimate of drug-likeness (QED) is 0.737. The molecule has 2 aromatic carbocycles. The summed E-state index contributed by atoms with van der Waals surface area (Å²) in [4.78, 5) is 14.5. The summed E-state index contributed by atoms with van der Waals surface area (Å²) >= 11 is 0. The molecule has 0 radical (unpaired) electrons. The average Bonchev–Trinajstić information content (AvgIpc) is 2.69. The normalized spacial score (nSPS) is 21.2. The van der Waals surface area contributed by atoms with E-state index in [1.165, 1.54) is 5.57 Å². The molecule has 0 aromatic heterocycles. The third-order valence-corrected chi connectivity index (χ3v) is 5.36. The number of aryl methyl sites for hydroxylation is 1. The number of hydrogen-bond donors (Lipinski definition) is 0. The molecule has 0 spiro atoms. The van der Waals surface area contributed by atoms with Gasteiger partial charge in [-0.1, -0.05) is 54.1 Å². The lowest BCUT2D eigenvalue weighted by Crippen LogP contribution is -2.56. The van der Waals surface area contributed by atoms with E-state index in [0.29, 0.717) is 31.6 Å². The van der Waals surface area contributed by atoms with E-state index in [4.69, 9.17) is 9.47 Å². The van der Waals surface area contributed by atoms with Crippen molar-refractivity contribution in [1.29, 1.82) is 0 Å². The Morgan fingerprint density at radius 3 is 2.75 bits per heavy atom. The van der Waals surface area contributed by atoms with E-state index in [2.05, 4.69) is 6.08 Å². The molecule has 2 heterocycles. The molecule has 2 bridgehead atoms. The minimum absolute atomic E-state index is 0.0441. The fraction of sp³-hybridized carbons (Fsp3) is 0.348. The fourth-order valence-corrected chi connectivity index (χ4v) is 3.90. The van der Waals surface area contributed by atoms with Crippen LogP contribution in [0.15, 0.2) is 60.2 Å². The maximum atomic E-state index is 13.8. The highest BCUT2D eigenvalue weighted by atomic mass is 19.1. The first kappa shape index (κ1) is 18.7. The molecular weight excluding hydrogens is 357 g/mol. The Kier molecular flexibility index (Phi) is 5.44. The molecule has 28 heavy (non-hydrogen) atoms. The molecule has 0 saturated carbocycles. The SMILES string of the molecule is Cc1ccc(CC2=CC3COCC(C2)N3C(=O)OCc2ccccc2)cc1F. The molecule has 4 nitrogen and oxygen atoms in total. The van der Waals surface area contributed by atoms with Gasteiger partial charge < -0.3 is 9.47 Å². The minimum atomic E-state index is -0.307. The van der Waals surface area contributed by atoms with Gasteiger partial charge in [-0.3, -0.25) is 4.90 Å². The molecule has 2 aliphatic rings.